The number of carbonyl (C=O) groups is 1. The van der Waals surface area contributed by atoms with Gasteiger partial charge in [-0.1, -0.05) is 63.9 Å². The minimum absolute atomic E-state index is 0.0480. The summed E-state index contributed by atoms with van der Waals surface area (Å²) in [5.41, 5.74) is -0.226. The number of alkyl halides is 1. The van der Waals surface area contributed by atoms with Gasteiger partial charge in [-0.15, -0.1) is 0 Å². The molecule has 0 aliphatic carbocycles. The molecule has 21 heavy (non-hydrogen) atoms. The zero-order valence-corrected chi connectivity index (χ0v) is 14.5. The molecule has 1 N–H and O–H groups in total. The van der Waals surface area contributed by atoms with Gasteiger partial charge in [0.1, 0.15) is 5.75 Å². The summed E-state index contributed by atoms with van der Waals surface area (Å²) in [5, 5.41) is 9.11. The second-order valence-corrected chi connectivity index (χ2v) is 7.84. The van der Waals surface area contributed by atoms with Gasteiger partial charge in [0.05, 0.1) is 5.02 Å². The number of benzene rings is 1. The van der Waals surface area contributed by atoms with Crippen molar-refractivity contribution in [2.45, 2.75) is 52.0 Å². The van der Waals surface area contributed by atoms with Gasteiger partial charge in [0.2, 0.25) is 0 Å². The number of hydrogen-bond donors (Lipinski definition) is 1. The van der Waals surface area contributed by atoms with E-state index < -0.39 is 11.5 Å². The van der Waals surface area contributed by atoms with Crippen LogP contribution in [0.2, 0.25) is 5.02 Å². The van der Waals surface area contributed by atoms with Gasteiger partial charge >= 0.3 is 5.97 Å². The molecular formula is C16H22Cl2O3. The maximum Gasteiger partial charge on any atom is 0.360 e. The predicted octanol–water partition coefficient (Wildman–Crippen LogP) is 5.08. The molecule has 0 fully saturated rings. The zero-order chi connectivity index (χ0) is 16.4. The van der Waals surface area contributed by atoms with E-state index in [2.05, 4.69) is 34.6 Å². The van der Waals surface area contributed by atoms with E-state index in [1.807, 2.05) is 12.1 Å². The standard InChI is InChI=1S/C16H22Cl2O3/c1-15(2,3)9-16(4,5)10-6-7-12(11(17)8-10)21-13(18)14(19)20/h6-8,13H,9H2,1-5H3,(H,19,20). The lowest BCUT2D eigenvalue weighted by Crippen LogP contribution is -2.25. The monoisotopic (exact) mass is 332 g/mol. The van der Waals surface area contributed by atoms with Crippen molar-refractivity contribution in [2.24, 2.45) is 5.41 Å². The van der Waals surface area contributed by atoms with E-state index in [1.165, 1.54) is 0 Å². The van der Waals surface area contributed by atoms with Crippen LogP contribution in [-0.4, -0.2) is 16.6 Å². The van der Waals surface area contributed by atoms with Gasteiger partial charge in [0.15, 0.2) is 0 Å². The summed E-state index contributed by atoms with van der Waals surface area (Å²) in [4.78, 5) is 10.7. The lowest BCUT2D eigenvalue weighted by atomic mass is 9.72. The van der Waals surface area contributed by atoms with E-state index in [0.29, 0.717) is 5.02 Å². The van der Waals surface area contributed by atoms with Crippen LogP contribution < -0.4 is 4.74 Å². The molecule has 118 valence electrons. The molecule has 1 rings (SSSR count). The highest BCUT2D eigenvalue weighted by Gasteiger charge is 2.28. The van der Waals surface area contributed by atoms with Crippen molar-refractivity contribution in [1.29, 1.82) is 0 Å². The molecule has 0 radical (unpaired) electrons. The van der Waals surface area contributed by atoms with E-state index in [4.69, 9.17) is 33.0 Å². The summed E-state index contributed by atoms with van der Waals surface area (Å²) in [6.45, 7) is 10.9. The predicted molar refractivity (Wildman–Crippen MR) is 86.5 cm³/mol. The Morgan fingerprint density at radius 1 is 1.29 bits per heavy atom. The Bertz CT molecular complexity index is 519. The van der Waals surface area contributed by atoms with Crippen molar-refractivity contribution < 1.29 is 14.6 Å². The molecule has 0 saturated carbocycles. The van der Waals surface area contributed by atoms with E-state index in [-0.39, 0.29) is 16.6 Å². The van der Waals surface area contributed by atoms with E-state index in [0.717, 1.165) is 12.0 Å². The Labute approximate surface area is 136 Å². The number of hydrogen-bond acceptors (Lipinski definition) is 2. The van der Waals surface area contributed by atoms with Crippen molar-refractivity contribution in [3.05, 3.63) is 28.8 Å². The highest BCUT2D eigenvalue weighted by molar-refractivity contribution is 6.32. The molecule has 0 aliphatic rings. The SMILES string of the molecule is CC(C)(C)CC(C)(C)c1ccc(OC(Cl)C(=O)O)c(Cl)c1. The third-order valence-corrected chi connectivity index (χ3v) is 3.68. The van der Waals surface area contributed by atoms with Gasteiger partial charge in [-0.05, 0) is 34.9 Å². The van der Waals surface area contributed by atoms with E-state index in [9.17, 15) is 4.79 Å². The summed E-state index contributed by atoms with van der Waals surface area (Å²) < 4.78 is 5.11. The fraction of sp³-hybridized carbons (Fsp3) is 0.562. The normalized spacial score (nSPS) is 13.9. The molecule has 0 aromatic heterocycles. The maximum atomic E-state index is 10.7. The van der Waals surface area contributed by atoms with Crippen molar-refractivity contribution >= 4 is 29.2 Å². The minimum Gasteiger partial charge on any atom is -0.478 e. The van der Waals surface area contributed by atoms with Crippen molar-refractivity contribution in [3.8, 4) is 5.75 Å². The van der Waals surface area contributed by atoms with Crippen molar-refractivity contribution in [1.82, 2.24) is 0 Å². The number of aliphatic carboxylic acids is 1. The zero-order valence-electron chi connectivity index (χ0n) is 13.0. The van der Waals surface area contributed by atoms with Crippen LogP contribution in [0.25, 0.3) is 0 Å². The summed E-state index contributed by atoms with van der Waals surface area (Å²) in [7, 11) is 0. The topological polar surface area (TPSA) is 46.5 Å². The summed E-state index contributed by atoms with van der Waals surface area (Å²) in [6, 6.07) is 5.38. The fourth-order valence-electron chi connectivity index (χ4n) is 2.61. The smallest absolute Gasteiger partial charge is 0.360 e. The van der Waals surface area contributed by atoms with Crippen LogP contribution >= 0.6 is 23.2 Å². The number of ether oxygens (including phenoxy) is 1. The van der Waals surface area contributed by atoms with Gasteiger partial charge in [0, 0.05) is 0 Å². The van der Waals surface area contributed by atoms with Gasteiger partial charge in [0.25, 0.3) is 5.56 Å². The van der Waals surface area contributed by atoms with Gasteiger partial charge in [-0.25, -0.2) is 4.79 Å². The largest absolute Gasteiger partial charge is 0.478 e. The first kappa shape index (κ1) is 18.1. The van der Waals surface area contributed by atoms with Gasteiger partial charge in [-0.2, -0.15) is 0 Å². The van der Waals surface area contributed by atoms with Crippen LogP contribution in [0.3, 0.4) is 0 Å². The van der Waals surface area contributed by atoms with Crippen molar-refractivity contribution in [3.63, 3.8) is 0 Å². The number of carboxylic acids is 1. The molecule has 0 saturated heterocycles. The molecule has 0 aliphatic heterocycles. The molecular weight excluding hydrogens is 311 g/mol. The van der Waals surface area contributed by atoms with Crippen LogP contribution in [0.4, 0.5) is 0 Å². The van der Waals surface area contributed by atoms with Crippen LogP contribution in [0.15, 0.2) is 18.2 Å². The first-order chi connectivity index (χ1) is 9.42. The third kappa shape index (κ3) is 5.40. The Morgan fingerprint density at radius 3 is 2.29 bits per heavy atom. The minimum atomic E-state index is -1.45. The number of carboxylic acid groups (broad SMARTS) is 1. The number of halogens is 2. The molecule has 1 atom stereocenters. The first-order valence-electron chi connectivity index (χ1n) is 6.76. The van der Waals surface area contributed by atoms with Gasteiger partial charge in [-0.3, -0.25) is 0 Å². The molecule has 5 heteroatoms. The average molecular weight is 333 g/mol. The lowest BCUT2D eigenvalue weighted by Gasteiger charge is -2.33. The molecule has 3 nitrogen and oxygen atoms in total. The van der Waals surface area contributed by atoms with E-state index in [1.54, 1.807) is 6.07 Å². The molecule has 1 aromatic rings. The van der Waals surface area contributed by atoms with E-state index >= 15 is 0 Å². The Morgan fingerprint density at radius 2 is 1.86 bits per heavy atom. The second kappa shape index (κ2) is 6.45. The summed E-state index contributed by atoms with van der Waals surface area (Å²) in [5.74, 6) is -0.973. The van der Waals surface area contributed by atoms with Crippen LogP contribution in [-0.2, 0) is 10.2 Å². The molecule has 0 spiro atoms. The first-order valence-corrected chi connectivity index (χ1v) is 7.57. The van der Waals surface area contributed by atoms with Crippen LogP contribution in [0, 0.1) is 5.41 Å². The van der Waals surface area contributed by atoms with Crippen LogP contribution in [0.5, 0.6) is 5.75 Å². The summed E-state index contributed by atoms with van der Waals surface area (Å²) in [6.07, 6.45) is 0.990. The molecule has 0 heterocycles. The Balaban J connectivity index is 2.99. The highest BCUT2D eigenvalue weighted by atomic mass is 35.5. The number of rotatable bonds is 5. The fourth-order valence-corrected chi connectivity index (χ4v) is 2.93. The van der Waals surface area contributed by atoms with Gasteiger partial charge < -0.3 is 9.84 Å². The van der Waals surface area contributed by atoms with Crippen molar-refractivity contribution in [2.75, 3.05) is 0 Å². The Hall–Kier alpha value is -0.930. The highest BCUT2D eigenvalue weighted by Crippen LogP contribution is 2.39. The maximum absolute atomic E-state index is 10.7. The second-order valence-electron chi connectivity index (χ2n) is 7.04. The molecule has 0 amide bonds. The molecule has 1 aromatic carbocycles. The average Bonchev–Trinajstić information content (AvgIpc) is 2.28. The lowest BCUT2D eigenvalue weighted by molar-refractivity contribution is -0.141. The Kier molecular flexibility index (Phi) is 5.57. The molecule has 0 bridgehead atoms. The summed E-state index contributed by atoms with van der Waals surface area (Å²) >= 11 is 11.7. The third-order valence-electron chi connectivity index (χ3n) is 3.11. The quantitative estimate of drug-likeness (QED) is 0.764. The van der Waals surface area contributed by atoms with Crippen LogP contribution in [0.1, 0.15) is 46.6 Å². The molecule has 1 unspecified atom stereocenters.